The Morgan fingerprint density at radius 2 is 1.97 bits per heavy atom. The second kappa shape index (κ2) is 10.9. The second-order valence-electron chi connectivity index (χ2n) is 9.87. The Balaban J connectivity index is 1.55. The molecule has 5 rings (SSSR count). The van der Waals surface area contributed by atoms with Gasteiger partial charge in [0.15, 0.2) is 11.2 Å². The normalized spacial score (nSPS) is 14.7. The van der Waals surface area contributed by atoms with E-state index in [1.165, 1.54) is 6.33 Å². The van der Waals surface area contributed by atoms with E-state index in [9.17, 15) is 4.79 Å². The Morgan fingerprint density at radius 3 is 2.67 bits per heavy atom. The molecule has 39 heavy (non-hydrogen) atoms. The lowest BCUT2D eigenvalue weighted by Gasteiger charge is -2.15. The third-order valence-corrected chi connectivity index (χ3v) is 7.41. The van der Waals surface area contributed by atoms with E-state index in [0.717, 1.165) is 18.4 Å². The van der Waals surface area contributed by atoms with Gasteiger partial charge in [-0.1, -0.05) is 42.3 Å². The number of nitrogens with zero attached hydrogens (tertiary/aromatic N) is 4. The first-order valence-electron chi connectivity index (χ1n) is 12.6. The minimum Gasteiger partial charge on any atom is -0.495 e. The molecule has 1 atom stereocenters. The molecule has 2 aromatic heterocycles. The minimum absolute atomic E-state index is 0.254. The molecule has 1 aliphatic carbocycles. The van der Waals surface area contributed by atoms with Crippen molar-refractivity contribution in [3.8, 4) is 28.8 Å². The number of methoxy groups -OCH3 is 1. The molecule has 2 aromatic carbocycles. The van der Waals surface area contributed by atoms with Crippen molar-refractivity contribution in [2.24, 2.45) is 5.92 Å². The highest BCUT2D eigenvalue weighted by Crippen LogP contribution is 2.42. The summed E-state index contributed by atoms with van der Waals surface area (Å²) in [5.41, 5.74) is 2.35. The van der Waals surface area contributed by atoms with Gasteiger partial charge in [0, 0.05) is 11.1 Å². The summed E-state index contributed by atoms with van der Waals surface area (Å²) < 4.78 is 19.5. The summed E-state index contributed by atoms with van der Waals surface area (Å²) in [5, 5.41) is 10.0. The van der Waals surface area contributed by atoms with Crippen LogP contribution in [-0.2, 0) is 11.3 Å². The zero-order valence-corrected chi connectivity index (χ0v) is 23.3. The van der Waals surface area contributed by atoms with E-state index in [-0.39, 0.29) is 12.2 Å². The fourth-order valence-corrected chi connectivity index (χ4v) is 4.70. The molecule has 0 spiro atoms. The molecule has 1 aliphatic rings. The maximum Gasteiger partial charge on any atom is 0.306 e. The number of aliphatic carboxylic acids is 1. The van der Waals surface area contributed by atoms with Crippen LogP contribution in [0.5, 0.6) is 17.4 Å². The third kappa shape index (κ3) is 5.74. The van der Waals surface area contributed by atoms with Gasteiger partial charge in [-0.05, 0) is 50.5 Å². The van der Waals surface area contributed by atoms with Gasteiger partial charge in [0.05, 0.1) is 36.2 Å². The van der Waals surface area contributed by atoms with Crippen molar-refractivity contribution in [1.82, 2.24) is 19.5 Å². The van der Waals surface area contributed by atoms with Crippen LogP contribution in [0.4, 0.5) is 0 Å². The number of aromatic nitrogens is 4. The summed E-state index contributed by atoms with van der Waals surface area (Å²) in [5.74, 6) is 0.721. The lowest BCUT2D eigenvalue weighted by Crippen LogP contribution is -2.13. The number of carbonyl (C=O) groups is 1. The van der Waals surface area contributed by atoms with E-state index in [1.54, 1.807) is 32.2 Å². The quantitative estimate of drug-likeness (QED) is 0.224. The van der Waals surface area contributed by atoms with Crippen molar-refractivity contribution in [1.29, 1.82) is 0 Å². The number of fused-ring (bicyclic) bond motifs is 1. The molecule has 1 saturated carbocycles. The summed E-state index contributed by atoms with van der Waals surface area (Å²) in [6.45, 7) is 4.30. The molecule has 0 aliphatic heterocycles. The molecule has 2 heterocycles. The zero-order chi connectivity index (χ0) is 27.7. The number of halogens is 2. The Kier molecular flexibility index (Phi) is 7.55. The molecular weight excluding hydrogens is 543 g/mol. The van der Waals surface area contributed by atoms with Gasteiger partial charge in [-0.2, -0.15) is 4.98 Å². The molecule has 1 N–H and O–H groups in total. The lowest BCUT2D eigenvalue weighted by atomic mass is 10.1. The second-order valence-corrected chi connectivity index (χ2v) is 10.7. The van der Waals surface area contributed by atoms with Crippen LogP contribution < -0.4 is 14.2 Å². The van der Waals surface area contributed by atoms with Crippen LogP contribution in [0.1, 0.15) is 38.7 Å². The van der Waals surface area contributed by atoms with Gasteiger partial charge in [-0.3, -0.25) is 4.79 Å². The van der Waals surface area contributed by atoms with E-state index in [0.29, 0.717) is 62.9 Å². The molecule has 204 valence electrons. The predicted molar refractivity (Wildman–Crippen MR) is 148 cm³/mol. The molecule has 1 fully saturated rings. The van der Waals surface area contributed by atoms with Gasteiger partial charge in [-0.15, -0.1) is 0 Å². The van der Waals surface area contributed by atoms with Crippen molar-refractivity contribution >= 4 is 40.3 Å². The summed E-state index contributed by atoms with van der Waals surface area (Å²) in [6, 6.07) is 10.9. The number of para-hydroxylation sites is 1. The lowest BCUT2D eigenvalue weighted by molar-refractivity contribution is -0.141. The Morgan fingerprint density at radius 1 is 1.18 bits per heavy atom. The van der Waals surface area contributed by atoms with Crippen LogP contribution in [0.2, 0.25) is 10.0 Å². The fraction of sp³-hybridized carbons (Fsp3) is 0.357. The van der Waals surface area contributed by atoms with Crippen LogP contribution in [0.3, 0.4) is 0 Å². The molecule has 0 radical (unpaired) electrons. The molecule has 9 nitrogen and oxygen atoms in total. The van der Waals surface area contributed by atoms with Gasteiger partial charge in [0.2, 0.25) is 5.88 Å². The Hall–Kier alpha value is -3.56. The maximum absolute atomic E-state index is 11.1. The topological polar surface area (TPSA) is 109 Å². The van der Waals surface area contributed by atoms with Crippen LogP contribution in [0.25, 0.3) is 22.6 Å². The number of hydrogen-bond donors (Lipinski definition) is 1. The van der Waals surface area contributed by atoms with Gasteiger partial charge in [-0.25, -0.2) is 9.97 Å². The number of carboxylic acids is 1. The van der Waals surface area contributed by atoms with E-state index >= 15 is 0 Å². The standard InChI is InChI=1S/C28H28Cl2N4O5/c1-16(27(35)36)9-12-38-18-7-8-19(21(30)13-18)24-33-22-25(31-15-32-26(22)39-28(2)10-11-28)34(24)14-17-5-4-6-20(29)23(17)37-3/h4-8,13,15-16H,9-12,14H2,1-3H3,(H,35,36). The van der Waals surface area contributed by atoms with Gasteiger partial charge in [0.1, 0.15) is 29.3 Å². The van der Waals surface area contributed by atoms with Crippen molar-refractivity contribution in [2.75, 3.05) is 13.7 Å². The molecule has 0 saturated heterocycles. The van der Waals surface area contributed by atoms with Gasteiger partial charge in [0.25, 0.3) is 0 Å². The Labute approximate surface area is 235 Å². The minimum atomic E-state index is -0.857. The van der Waals surface area contributed by atoms with Crippen LogP contribution in [-0.4, -0.2) is 49.9 Å². The molecule has 0 amide bonds. The molecule has 4 aromatic rings. The highest BCUT2D eigenvalue weighted by Gasteiger charge is 2.41. The summed E-state index contributed by atoms with van der Waals surface area (Å²) >= 11 is 13.2. The predicted octanol–water partition coefficient (Wildman–Crippen LogP) is 6.28. The van der Waals surface area contributed by atoms with Crippen molar-refractivity contribution < 1.29 is 24.1 Å². The first kappa shape index (κ1) is 27.0. The number of rotatable bonds is 11. The monoisotopic (exact) mass is 570 g/mol. The highest BCUT2D eigenvalue weighted by molar-refractivity contribution is 6.33. The van der Waals surface area contributed by atoms with Crippen LogP contribution in [0, 0.1) is 5.92 Å². The highest BCUT2D eigenvalue weighted by atomic mass is 35.5. The number of hydrogen-bond acceptors (Lipinski definition) is 7. The molecular formula is C28H28Cl2N4O5. The summed E-state index contributed by atoms with van der Waals surface area (Å²) in [4.78, 5) is 24.9. The first-order chi connectivity index (χ1) is 18.7. The first-order valence-corrected chi connectivity index (χ1v) is 13.3. The number of imidazole rings is 1. The average molecular weight is 571 g/mol. The van der Waals surface area contributed by atoms with E-state index in [2.05, 4.69) is 9.97 Å². The molecule has 0 bridgehead atoms. The third-order valence-electron chi connectivity index (χ3n) is 6.80. The SMILES string of the molecule is COc1c(Cl)cccc1Cn1c(-c2ccc(OCCC(C)C(=O)O)cc2Cl)nc2c(OC3(C)CC3)ncnc21. The van der Waals surface area contributed by atoms with E-state index in [4.69, 9.17) is 47.5 Å². The summed E-state index contributed by atoms with van der Waals surface area (Å²) in [6.07, 6.45) is 3.75. The van der Waals surface area contributed by atoms with Crippen LogP contribution in [0.15, 0.2) is 42.7 Å². The number of ether oxygens (including phenoxy) is 3. The number of benzene rings is 2. The van der Waals surface area contributed by atoms with Gasteiger partial charge < -0.3 is 23.9 Å². The van der Waals surface area contributed by atoms with Crippen molar-refractivity contribution in [3.05, 3.63) is 58.3 Å². The Bertz CT molecular complexity index is 1540. The largest absolute Gasteiger partial charge is 0.495 e. The molecule has 11 heteroatoms. The zero-order valence-electron chi connectivity index (χ0n) is 21.8. The van der Waals surface area contributed by atoms with Crippen LogP contribution >= 0.6 is 23.2 Å². The maximum atomic E-state index is 11.1. The smallest absolute Gasteiger partial charge is 0.306 e. The van der Waals surface area contributed by atoms with Crippen molar-refractivity contribution in [2.45, 2.75) is 45.3 Å². The summed E-state index contributed by atoms with van der Waals surface area (Å²) in [7, 11) is 1.58. The van der Waals surface area contributed by atoms with E-state index < -0.39 is 11.9 Å². The number of carboxylic acid groups (broad SMARTS) is 1. The molecule has 1 unspecified atom stereocenters. The van der Waals surface area contributed by atoms with E-state index in [1.807, 2.05) is 29.7 Å². The fourth-order valence-electron chi connectivity index (χ4n) is 4.18. The van der Waals surface area contributed by atoms with Gasteiger partial charge >= 0.3 is 5.97 Å². The van der Waals surface area contributed by atoms with Crippen molar-refractivity contribution in [3.63, 3.8) is 0 Å². The average Bonchev–Trinajstić information content (AvgIpc) is 3.52.